The van der Waals surface area contributed by atoms with Crippen molar-refractivity contribution in [3.8, 4) is 0 Å². The first kappa shape index (κ1) is 20.8. The molecule has 1 N–H and O–H groups in total. The smallest absolute Gasteiger partial charge is 0.295 e. The minimum absolute atomic E-state index is 0.0227. The number of aliphatic hydroxyl groups is 1. The summed E-state index contributed by atoms with van der Waals surface area (Å²) in [6.45, 7) is 3.72. The van der Waals surface area contributed by atoms with Gasteiger partial charge in [0.05, 0.1) is 4.90 Å². The van der Waals surface area contributed by atoms with Gasteiger partial charge in [-0.15, -0.1) is 0 Å². The van der Waals surface area contributed by atoms with Crippen molar-refractivity contribution in [3.63, 3.8) is 0 Å². The first-order valence-electron chi connectivity index (χ1n) is 9.61. The van der Waals surface area contributed by atoms with Gasteiger partial charge in [0.15, 0.2) is 5.76 Å². The van der Waals surface area contributed by atoms with Gasteiger partial charge >= 0.3 is 0 Å². The monoisotopic (exact) mass is 437 g/mol. The molecule has 0 bridgehead atoms. The van der Waals surface area contributed by atoms with Crippen molar-refractivity contribution in [1.29, 1.82) is 0 Å². The molecule has 0 saturated carbocycles. The van der Waals surface area contributed by atoms with Gasteiger partial charge in [0.25, 0.3) is 5.91 Å². The van der Waals surface area contributed by atoms with Gasteiger partial charge in [-0.1, -0.05) is 47.5 Å². The number of anilines is 1. The van der Waals surface area contributed by atoms with Crippen molar-refractivity contribution >= 4 is 21.4 Å². The molecule has 0 aliphatic carbocycles. The highest BCUT2D eigenvalue weighted by Crippen LogP contribution is 2.44. The second-order valence-corrected chi connectivity index (χ2v) is 9.41. The van der Waals surface area contributed by atoms with Gasteiger partial charge in [0.1, 0.15) is 16.8 Å². The number of aryl methyl sites for hydroxylation is 2. The van der Waals surface area contributed by atoms with Crippen molar-refractivity contribution in [1.82, 2.24) is 0 Å². The Bertz CT molecular complexity index is 1280. The molecule has 1 atom stereocenters. The summed E-state index contributed by atoms with van der Waals surface area (Å²) in [7, 11) is -4.20. The number of aliphatic hydroxyl groups excluding tert-OH is 1. The van der Waals surface area contributed by atoms with Gasteiger partial charge in [0, 0.05) is 5.69 Å². The molecular formula is C24H20FNO4S. The number of benzene rings is 3. The van der Waals surface area contributed by atoms with Crippen molar-refractivity contribution in [2.24, 2.45) is 0 Å². The standard InChI is InChI=1S/C24H20FNO4S/c1-15-3-7-17(8-4-15)21-23(31(29,30)20-13-5-16(2)6-14-20)22(27)24(28)26(21)19-11-9-18(25)10-12-19/h3-14,21,27H,1-2H3/t21-/m0/s1. The number of amides is 1. The lowest BCUT2D eigenvalue weighted by Crippen LogP contribution is -2.31. The zero-order chi connectivity index (χ0) is 22.3. The first-order chi connectivity index (χ1) is 14.7. The number of nitrogens with zero attached hydrogens (tertiary/aromatic N) is 1. The van der Waals surface area contributed by atoms with E-state index in [2.05, 4.69) is 0 Å². The second-order valence-electron chi connectivity index (χ2n) is 7.49. The lowest BCUT2D eigenvalue weighted by molar-refractivity contribution is -0.117. The van der Waals surface area contributed by atoms with Crippen LogP contribution in [0.2, 0.25) is 0 Å². The Morgan fingerprint density at radius 1 is 0.839 bits per heavy atom. The summed E-state index contributed by atoms with van der Waals surface area (Å²) in [5.41, 5.74) is 2.62. The number of carbonyl (C=O) groups is 1. The van der Waals surface area contributed by atoms with Gasteiger partial charge in [-0.2, -0.15) is 0 Å². The number of rotatable bonds is 4. The van der Waals surface area contributed by atoms with E-state index in [4.69, 9.17) is 0 Å². The predicted molar refractivity (Wildman–Crippen MR) is 116 cm³/mol. The first-order valence-corrected chi connectivity index (χ1v) is 11.1. The molecule has 3 aromatic rings. The number of hydrogen-bond donors (Lipinski definition) is 1. The Morgan fingerprint density at radius 2 is 1.35 bits per heavy atom. The highest BCUT2D eigenvalue weighted by atomic mass is 32.2. The molecule has 7 heteroatoms. The van der Waals surface area contributed by atoms with Crippen molar-refractivity contribution in [2.75, 3.05) is 4.90 Å². The Kier molecular flexibility index (Phi) is 5.15. The summed E-state index contributed by atoms with van der Waals surface area (Å²) >= 11 is 0. The fourth-order valence-corrected chi connectivity index (χ4v) is 5.24. The van der Waals surface area contributed by atoms with E-state index >= 15 is 0 Å². The van der Waals surface area contributed by atoms with Crippen LogP contribution in [0.15, 0.2) is 88.4 Å². The van der Waals surface area contributed by atoms with Crippen molar-refractivity contribution in [2.45, 2.75) is 24.8 Å². The van der Waals surface area contributed by atoms with Crippen LogP contribution in [0.1, 0.15) is 22.7 Å². The van der Waals surface area contributed by atoms with E-state index in [0.717, 1.165) is 11.1 Å². The van der Waals surface area contributed by atoms with E-state index in [9.17, 15) is 22.7 Å². The molecule has 0 spiro atoms. The molecule has 158 valence electrons. The molecule has 0 saturated heterocycles. The summed E-state index contributed by atoms with van der Waals surface area (Å²) in [6.07, 6.45) is 0. The zero-order valence-electron chi connectivity index (χ0n) is 16.9. The minimum Gasteiger partial charge on any atom is -0.502 e. The largest absolute Gasteiger partial charge is 0.502 e. The number of carbonyl (C=O) groups excluding carboxylic acids is 1. The van der Waals surface area contributed by atoms with Crippen molar-refractivity contribution in [3.05, 3.63) is 106 Å². The lowest BCUT2D eigenvalue weighted by atomic mass is 10.0. The van der Waals surface area contributed by atoms with Crippen LogP contribution in [0.25, 0.3) is 0 Å². The maximum atomic E-state index is 13.5. The van der Waals surface area contributed by atoms with Crippen LogP contribution in [0.3, 0.4) is 0 Å². The molecule has 1 aliphatic heterocycles. The summed E-state index contributed by atoms with van der Waals surface area (Å²) < 4.78 is 40.5. The quantitative estimate of drug-likeness (QED) is 0.638. The Labute approximate surface area is 180 Å². The molecule has 31 heavy (non-hydrogen) atoms. The minimum atomic E-state index is -4.20. The summed E-state index contributed by atoms with van der Waals surface area (Å²) in [6, 6.07) is 17.3. The Balaban J connectivity index is 1.93. The van der Waals surface area contributed by atoms with Crippen LogP contribution in [0, 0.1) is 19.7 Å². The SMILES string of the molecule is Cc1ccc([C@H]2C(S(=O)(=O)c3ccc(C)cc3)=C(O)C(=O)N2c2ccc(F)cc2)cc1. The molecule has 0 unspecified atom stereocenters. The van der Waals surface area contributed by atoms with Gasteiger partial charge in [0.2, 0.25) is 9.84 Å². The molecule has 4 rings (SSSR count). The van der Waals surface area contributed by atoms with Crippen molar-refractivity contribution < 1.29 is 22.7 Å². The van der Waals surface area contributed by atoms with Gasteiger partial charge < -0.3 is 5.11 Å². The van der Waals surface area contributed by atoms with Crippen LogP contribution in [0.4, 0.5) is 10.1 Å². The lowest BCUT2D eigenvalue weighted by Gasteiger charge is -2.27. The molecular weight excluding hydrogens is 417 g/mol. The normalized spacial score (nSPS) is 16.8. The second kappa shape index (κ2) is 7.67. The molecule has 1 heterocycles. The maximum Gasteiger partial charge on any atom is 0.295 e. The Hall–Kier alpha value is -3.45. The zero-order valence-corrected chi connectivity index (χ0v) is 17.7. The van der Waals surface area contributed by atoms with Crippen LogP contribution in [-0.4, -0.2) is 19.4 Å². The highest BCUT2D eigenvalue weighted by molar-refractivity contribution is 7.95. The Morgan fingerprint density at radius 3 is 1.90 bits per heavy atom. The molecule has 0 fully saturated rings. The molecule has 0 aromatic heterocycles. The molecule has 5 nitrogen and oxygen atoms in total. The van der Waals surface area contributed by atoms with Crippen LogP contribution < -0.4 is 4.90 Å². The van der Waals surface area contributed by atoms with E-state index in [1.54, 1.807) is 36.4 Å². The van der Waals surface area contributed by atoms with E-state index in [0.29, 0.717) is 5.56 Å². The fraction of sp³-hybridized carbons (Fsp3) is 0.125. The van der Waals surface area contributed by atoms with E-state index < -0.39 is 38.3 Å². The fourth-order valence-electron chi connectivity index (χ4n) is 3.62. The van der Waals surface area contributed by atoms with Crippen LogP contribution in [-0.2, 0) is 14.6 Å². The average molecular weight is 437 g/mol. The maximum absolute atomic E-state index is 13.5. The van der Waals surface area contributed by atoms with Crippen LogP contribution in [0.5, 0.6) is 0 Å². The summed E-state index contributed by atoms with van der Waals surface area (Å²) in [5.74, 6) is -2.19. The third kappa shape index (κ3) is 3.61. The summed E-state index contributed by atoms with van der Waals surface area (Å²) in [5, 5.41) is 10.7. The molecule has 1 aliphatic rings. The summed E-state index contributed by atoms with van der Waals surface area (Å²) in [4.78, 5) is 13.8. The number of hydrogen-bond acceptors (Lipinski definition) is 4. The van der Waals surface area contributed by atoms with Gasteiger partial charge in [-0.05, 0) is 55.8 Å². The third-order valence-corrected chi connectivity index (χ3v) is 7.17. The van der Waals surface area contributed by atoms with Crippen LogP contribution >= 0.6 is 0 Å². The van der Waals surface area contributed by atoms with Gasteiger partial charge in [-0.3, -0.25) is 9.69 Å². The highest BCUT2D eigenvalue weighted by Gasteiger charge is 2.47. The predicted octanol–water partition coefficient (Wildman–Crippen LogP) is 4.77. The number of sulfone groups is 1. The van der Waals surface area contributed by atoms with E-state index in [1.807, 2.05) is 13.8 Å². The molecule has 1 amide bonds. The average Bonchev–Trinajstić information content (AvgIpc) is 3.01. The molecule has 3 aromatic carbocycles. The van der Waals surface area contributed by atoms with Gasteiger partial charge in [-0.25, -0.2) is 12.8 Å². The topological polar surface area (TPSA) is 74.7 Å². The van der Waals surface area contributed by atoms with E-state index in [1.165, 1.54) is 41.3 Å². The van der Waals surface area contributed by atoms with E-state index in [-0.39, 0.29) is 10.6 Å². The molecule has 0 radical (unpaired) electrons. The number of halogens is 1. The third-order valence-electron chi connectivity index (χ3n) is 5.28.